The first-order valence-electron chi connectivity index (χ1n) is 8.33. The summed E-state index contributed by atoms with van der Waals surface area (Å²) in [5.41, 5.74) is 4.83. The number of anilines is 1. The number of allylic oxidation sites excluding steroid dienone is 1. The van der Waals surface area contributed by atoms with Crippen LogP contribution in [0, 0.1) is 0 Å². The van der Waals surface area contributed by atoms with Gasteiger partial charge >= 0.3 is 0 Å². The lowest BCUT2D eigenvalue weighted by Gasteiger charge is -2.29. The second-order valence-electron chi connectivity index (χ2n) is 6.63. The van der Waals surface area contributed by atoms with E-state index in [1.807, 2.05) is 18.2 Å². The number of rotatable bonds is 3. The number of hydrogen-bond acceptors (Lipinski definition) is 2. The molecule has 1 aliphatic heterocycles. The maximum atomic E-state index is 12.1. The Morgan fingerprint density at radius 3 is 2.74 bits per heavy atom. The molecule has 1 aliphatic carbocycles. The molecule has 0 radical (unpaired) electrons. The maximum Gasteiger partial charge on any atom is 0.226 e. The summed E-state index contributed by atoms with van der Waals surface area (Å²) in [5.74, 6) is 1.48. The molecule has 0 bridgehead atoms. The predicted octanol–water partition coefficient (Wildman–Crippen LogP) is 4.21. The number of benzene rings is 1. The summed E-state index contributed by atoms with van der Waals surface area (Å²) in [4.78, 5) is 12.1. The van der Waals surface area contributed by atoms with Gasteiger partial charge < -0.3 is 5.32 Å². The van der Waals surface area contributed by atoms with Gasteiger partial charge in [0.25, 0.3) is 0 Å². The number of aromatic nitrogens is 2. The molecule has 1 atom stereocenters. The molecule has 0 unspecified atom stereocenters. The Labute approximate surface area is 136 Å². The summed E-state index contributed by atoms with van der Waals surface area (Å²) in [6, 6.07) is 10.3. The van der Waals surface area contributed by atoms with Crippen molar-refractivity contribution >= 4 is 17.8 Å². The molecular formula is C19H21N3O. The number of hydrogen-bond donors (Lipinski definition) is 2. The van der Waals surface area contributed by atoms with Crippen LogP contribution in [0.5, 0.6) is 0 Å². The fraction of sp³-hybridized carbons (Fsp3) is 0.368. The zero-order chi connectivity index (χ0) is 15.8. The van der Waals surface area contributed by atoms with Gasteiger partial charge in [0.15, 0.2) is 5.82 Å². The van der Waals surface area contributed by atoms with Crippen LogP contribution in [-0.2, 0) is 4.79 Å². The molecule has 4 heteroatoms. The van der Waals surface area contributed by atoms with Gasteiger partial charge in [0.2, 0.25) is 5.91 Å². The zero-order valence-corrected chi connectivity index (χ0v) is 13.3. The van der Waals surface area contributed by atoms with Crippen LogP contribution in [0.4, 0.5) is 5.82 Å². The number of nitrogens with one attached hydrogen (secondary N) is 2. The monoisotopic (exact) mass is 307 g/mol. The Bertz CT molecular complexity index is 756. The van der Waals surface area contributed by atoms with Crippen LogP contribution < -0.4 is 5.32 Å². The summed E-state index contributed by atoms with van der Waals surface area (Å²) in [6.45, 7) is 2.12. The van der Waals surface area contributed by atoms with E-state index in [9.17, 15) is 4.79 Å². The van der Waals surface area contributed by atoms with Crippen molar-refractivity contribution < 1.29 is 4.79 Å². The molecule has 2 aliphatic rings. The Hall–Kier alpha value is -2.36. The van der Waals surface area contributed by atoms with E-state index in [1.165, 1.54) is 41.7 Å². The number of H-pyrrole nitrogens is 1. The van der Waals surface area contributed by atoms with Crippen LogP contribution in [0.25, 0.3) is 6.08 Å². The number of aromatic amines is 1. The highest BCUT2D eigenvalue weighted by Gasteiger charge is 2.35. The topological polar surface area (TPSA) is 57.8 Å². The van der Waals surface area contributed by atoms with E-state index >= 15 is 0 Å². The molecule has 1 aromatic carbocycles. The van der Waals surface area contributed by atoms with Crippen LogP contribution >= 0.6 is 0 Å². The van der Waals surface area contributed by atoms with E-state index < -0.39 is 0 Å². The summed E-state index contributed by atoms with van der Waals surface area (Å²) in [5, 5.41) is 10.5. The average molecular weight is 307 g/mol. The maximum absolute atomic E-state index is 12.1. The second-order valence-corrected chi connectivity index (χ2v) is 6.63. The molecule has 1 aromatic heterocycles. The Balaban J connectivity index is 1.73. The van der Waals surface area contributed by atoms with Gasteiger partial charge in [-0.1, -0.05) is 48.4 Å². The second kappa shape index (κ2) is 5.69. The number of carbonyl (C=O) groups excluding carboxylic acids is 1. The lowest BCUT2D eigenvalue weighted by molar-refractivity contribution is -0.116. The molecule has 0 spiro atoms. The van der Waals surface area contributed by atoms with Crippen LogP contribution in [0.15, 0.2) is 35.9 Å². The summed E-state index contributed by atoms with van der Waals surface area (Å²) >= 11 is 0. The van der Waals surface area contributed by atoms with Crippen molar-refractivity contribution in [3.8, 4) is 0 Å². The third-order valence-corrected chi connectivity index (χ3v) is 5.09. The number of fused-ring (bicyclic) bond motifs is 1. The minimum atomic E-state index is 0.0509. The average Bonchev–Trinajstić information content (AvgIpc) is 2.89. The molecule has 118 valence electrons. The molecule has 1 fully saturated rings. The Morgan fingerprint density at radius 2 is 2.04 bits per heavy atom. The van der Waals surface area contributed by atoms with E-state index in [-0.39, 0.29) is 11.8 Å². The minimum Gasteiger partial charge on any atom is -0.309 e. The first-order chi connectivity index (χ1) is 11.2. The number of carbonyl (C=O) groups is 1. The van der Waals surface area contributed by atoms with Gasteiger partial charge in [-0.2, -0.15) is 5.10 Å². The highest BCUT2D eigenvalue weighted by atomic mass is 16.1. The van der Waals surface area contributed by atoms with Crippen LogP contribution in [0.1, 0.15) is 61.3 Å². The van der Waals surface area contributed by atoms with Crippen LogP contribution in [-0.4, -0.2) is 16.1 Å². The smallest absolute Gasteiger partial charge is 0.226 e. The fourth-order valence-corrected chi connectivity index (χ4v) is 3.59. The van der Waals surface area contributed by atoms with Crippen LogP contribution in [0.2, 0.25) is 0 Å². The van der Waals surface area contributed by atoms with Crippen molar-refractivity contribution in [2.45, 2.75) is 44.4 Å². The Kier molecular flexibility index (Phi) is 3.52. The molecule has 1 saturated carbocycles. The lowest BCUT2D eigenvalue weighted by Crippen LogP contribution is -2.24. The lowest BCUT2D eigenvalue weighted by atomic mass is 9.76. The van der Waals surface area contributed by atoms with Gasteiger partial charge in [0, 0.05) is 29.5 Å². The highest BCUT2D eigenvalue weighted by Crippen LogP contribution is 2.45. The highest BCUT2D eigenvalue weighted by molar-refractivity contribution is 5.94. The minimum absolute atomic E-state index is 0.0509. The van der Waals surface area contributed by atoms with Crippen molar-refractivity contribution in [2.24, 2.45) is 0 Å². The summed E-state index contributed by atoms with van der Waals surface area (Å²) in [6.07, 6.45) is 6.41. The quantitative estimate of drug-likeness (QED) is 0.892. The van der Waals surface area contributed by atoms with Crippen molar-refractivity contribution in [1.29, 1.82) is 0 Å². The number of amides is 1. The Morgan fingerprint density at radius 1 is 1.26 bits per heavy atom. The van der Waals surface area contributed by atoms with Crippen molar-refractivity contribution in [2.75, 3.05) is 5.32 Å². The molecule has 0 saturated heterocycles. The molecule has 2 heterocycles. The van der Waals surface area contributed by atoms with Gasteiger partial charge in [0.1, 0.15) is 0 Å². The van der Waals surface area contributed by atoms with E-state index in [0.29, 0.717) is 12.3 Å². The third-order valence-electron chi connectivity index (χ3n) is 5.09. The van der Waals surface area contributed by atoms with E-state index in [4.69, 9.17) is 0 Å². The van der Waals surface area contributed by atoms with Crippen molar-refractivity contribution in [3.63, 3.8) is 0 Å². The van der Waals surface area contributed by atoms with Gasteiger partial charge in [-0.25, -0.2) is 0 Å². The predicted molar refractivity (Wildman–Crippen MR) is 91.3 cm³/mol. The first-order valence-corrected chi connectivity index (χ1v) is 8.33. The standard InChI is InChI=1S/C19H21N3O/c1-12(10-13-6-3-2-4-7-13)15-11-16(23)20-19-17(15)18(21-22-19)14-8-5-9-14/h2-4,6-7,10,14-15H,5,8-9,11H2,1H3,(H2,20,21,22,23)/b12-10+/t15-/m0/s1. The molecular weight excluding hydrogens is 286 g/mol. The first kappa shape index (κ1) is 14.2. The molecule has 2 N–H and O–H groups in total. The molecule has 1 amide bonds. The molecule has 4 nitrogen and oxygen atoms in total. The molecule has 4 rings (SSSR count). The van der Waals surface area contributed by atoms with Crippen molar-refractivity contribution in [1.82, 2.24) is 10.2 Å². The zero-order valence-electron chi connectivity index (χ0n) is 13.3. The molecule has 2 aromatic rings. The SMILES string of the molecule is C/C(=C\c1ccccc1)[C@@H]1CC(=O)Nc2n[nH]c(C3CCC3)c21. The normalized spacial score (nSPS) is 21.5. The summed E-state index contributed by atoms with van der Waals surface area (Å²) < 4.78 is 0. The van der Waals surface area contributed by atoms with E-state index in [2.05, 4.69) is 40.6 Å². The van der Waals surface area contributed by atoms with E-state index in [1.54, 1.807) is 0 Å². The van der Waals surface area contributed by atoms with Gasteiger partial charge in [-0.05, 0) is 25.3 Å². The fourth-order valence-electron chi connectivity index (χ4n) is 3.59. The van der Waals surface area contributed by atoms with Gasteiger partial charge in [-0.3, -0.25) is 9.89 Å². The molecule has 23 heavy (non-hydrogen) atoms. The largest absolute Gasteiger partial charge is 0.309 e. The van der Waals surface area contributed by atoms with Gasteiger partial charge in [-0.15, -0.1) is 0 Å². The number of nitrogens with zero attached hydrogens (tertiary/aromatic N) is 1. The van der Waals surface area contributed by atoms with Crippen molar-refractivity contribution in [3.05, 3.63) is 52.7 Å². The van der Waals surface area contributed by atoms with Crippen LogP contribution in [0.3, 0.4) is 0 Å². The van der Waals surface area contributed by atoms with Gasteiger partial charge in [0.05, 0.1) is 0 Å². The third kappa shape index (κ3) is 2.58. The van der Waals surface area contributed by atoms with E-state index in [0.717, 1.165) is 5.82 Å². The summed E-state index contributed by atoms with van der Waals surface area (Å²) in [7, 11) is 0.